The Morgan fingerprint density at radius 2 is 2.00 bits per heavy atom. The van der Waals surface area contributed by atoms with Gasteiger partial charge >= 0.3 is 0 Å². The molecule has 0 aliphatic heterocycles. The second kappa shape index (κ2) is 9.01. The zero-order valence-electron chi connectivity index (χ0n) is 16.2. The van der Waals surface area contributed by atoms with Crippen LogP contribution in [0.15, 0.2) is 29.3 Å². The summed E-state index contributed by atoms with van der Waals surface area (Å²) >= 11 is 0. The van der Waals surface area contributed by atoms with Gasteiger partial charge in [-0.25, -0.2) is 4.39 Å². The predicted molar refractivity (Wildman–Crippen MR) is 115 cm³/mol. The minimum absolute atomic E-state index is 0. The number of likely N-dealkylation sites (N-methyl/N-ethyl adjacent to an activating group) is 1. The van der Waals surface area contributed by atoms with E-state index in [2.05, 4.69) is 15.6 Å². The molecule has 1 aliphatic rings. The summed E-state index contributed by atoms with van der Waals surface area (Å²) in [6.07, 6.45) is 2.04. The summed E-state index contributed by atoms with van der Waals surface area (Å²) in [6, 6.07) is 6.80. The Labute approximate surface area is 172 Å². The van der Waals surface area contributed by atoms with Crippen molar-refractivity contribution in [1.29, 1.82) is 0 Å². The van der Waals surface area contributed by atoms with Gasteiger partial charge in [-0.15, -0.1) is 24.0 Å². The van der Waals surface area contributed by atoms with Crippen LogP contribution in [0.3, 0.4) is 0 Å². The lowest BCUT2D eigenvalue weighted by Gasteiger charge is -2.26. The minimum atomic E-state index is -0.260. The fraction of sp³-hybridized carbons (Fsp3) is 0.579. The van der Waals surface area contributed by atoms with Gasteiger partial charge in [0.1, 0.15) is 5.82 Å². The van der Waals surface area contributed by atoms with Crippen LogP contribution in [0.2, 0.25) is 0 Å². The molecule has 2 rings (SSSR count). The van der Waals surface area contributed by atoms with Crippen LogP contribution in [0.4, 0.5) is 4.39 Å². The number of amides is 1. The number of rotatable bonds is 5. The van der Waals surface area contributed by atoms with Gasteiger partial charge in [0.2, 0.25) is 5.91 Å². The molecule has 0 radical (unpaired) electrons. The van der Waals surface area contributed by atoms with Gasteiger partial charge in [0.05, 0.1) is 6.54 Å². The van der Waals surface area contributed by atoms with Crippen LogP contribution in [0.1, 0.15) is 39.2 Å². The van der Waals surface area contributed by atoms with Crippen LogP contribution in [0.25, 0.3) is 0 Å². The topological polar surface area (TPSA) is 56.7 Å². The summed E-state index contributed by atoms with van der Waals surface area (Å²) in [5.41, 5.74) is 0.722. The molecular weight excluding hydrogens is 446 g/mol. The molecule has 0 bridgehead atoms. The van der Waals surface area contributed by atoms with Crippen molar-refractivity contribution in [3.8, 4) is 0 Å². The minimum Gasteiger partial charge on any atom is -0.355 e. The van der Waals surface area contributed by atoms with Crippen LogP contribution in [-0.2, 0) is 10.2 Å². The second-order valence-corrected chi connectivity index (χ2v) is 7.85. The summed E-state index contributed by atoms with van der Waals surface area (Å²) in [4.78, 5) is 18.1. The summed E-state index contributed by atoms with van der Waals surface area (Å²) < 4.78 is 13.5. The number of aliphatic imine (C=N–C) groups is 1. The maximum atomic E-state index is 13.5. The molecule has 0 spiro atoms. The van der Waals surface area contributed by atoms with E-state index >= 15 is 0 Å². The SMILES string of the molecule is CN=C(NCC1(c2cccc(F)c2)CC1)N(C)CC(=O)NC(C)(C)C.I. The first-order chi connectivity index (χ1) is 11.6. The molecule has 0 unspecified atom stereocenters. The average molecular weight is 476 g/mol. The number of guanidine groups is 1. The van der Waals surface area contributed by atoms with Crippen LogP contribution >= 0.6 is 24.0 Å². The molecule has 5 nitrogen and oxygen atoms in total. The van der Waals surface area contributed by atoms with Gasteiger partial charge in [-0.3, -0.25) is 9.79 Å². The quantitative estimate of drug-likeness (QED) is 0.391. The largest absolute Gasteiger partial charge is 0.355 e. The molecule has 7 heteroatoms. The number of nitrogens with one attached hydrogen (secondary N) is 2. The number of hydrogen-bond donors (Lipinski definition) is 2. The van der Waals surface area contributed by atoms with Gasteiger partial charge in [-0.1, -0.05) is 12.1 Å². The first-order valence-electron chi connectivity index (χ1n) is 8.64. The van der Waals surface area contributed by atoms with Gasteiger partial charge in [-0.05, 0) is 51.3 Å². The standard InChI is InChI=1S/C19H29FN4O.HI/c1-18(2,3)23-16(25)12-24(5)17(21-4)22-13-19(9-10-19)14-7-6-8-15(20)11-14;/h6-8,11H,9-10,12-13H2,1-5H3,(H,21,22)(H,23,25);1H. The Kier molecular flexibility index (Phi) is 7.85. The lowest BCUT2D eigenvalue weighted by molar-refractivity contribution is -0.122. The molecule has 1 amide bonds. The van der Waals surface area contributed by atoms with Crippen molar-refractivity contribution in [3.05, 3.63) is 35.6 Å². The van der Waals surface area contributed by atoms with Crippen molar-refractivity contribution >= 4 is 35.8 Å². The fourth-order valence-corrected chi connectivity index (χ4v) is 2.92. The molecule has 0 heterocycles. The van der Waals surface area contributed by atoms with E-state index in [1.54, 1.807) is 24.1 Å². The van der Waals surface area contributed by atoms with Gasteiger partial charge < -0.3 is 15.5 Å². The van der Waals surface area contributed by atoms with Crippen molar-refractivity contribution in [2.45, 2.75) is 44.6 Å². The predicted octanol–water partition coefficient (Wildman–Crippen LogP) is 2.90. The summed E-state index contributed by atoms with van der Waals surface area (Å²) in [5.74, 6) is 0.403. The second-order valence-electron chi connectivity index (χ2n) is 7.85. The van der Waals surface area contributed by atoms with E-state index in [1.165, 1.54) is 6.07 Å². The molecule has 0 atom stereocenters. The first-order valence-corrected chi connectivity index (χ1v) is 8.64. The van der Waals surface area contributed by atoms with E-state index in [9.17, 15) is 9.18 Å². The molecule has 1 aromatic carbocycles. The van der Waals surface area contributed by atoms with Gasteiger partial charge in [0.25, 0.3) is 0 Å². The van der Waals surface area contributed by atoms with Crippen molar-refractivity contribution in [3.63, 3.8) is 0 Å². The third-order valence-corrected chi connectivity index (χ3v) is 4.34. The van der Waals surface area contributed by atoms with E-state index < -0.39 is 0 Å². The molecular formula is C19H30FIN4O. The van der Waals surface area contributed by atoms with Gasteiger partial charge in [-0.2, -0.15) is 0 Å². The van der Waals surface area contributed by atoms with Crippen LogP contribution in [0, 0.1) is 5.82 Å². The lowest BCUT2D eigenvalue weighted by atomic mass is 9.96. The molecule has 1 fully saturated rings. The molecule has 2 N–H and O–H groups in total. The fourth-order valence-electron chi connectivity index (χ4n) is 2.92. The van der Waals surface area contributed by atoms with Crippen LogP contribution < -0.4 is 10.6 Å². The van der Waals surface area contributed by atoms with E-state index in [0.717, 1.165) is 18.4 Å². The zero-order chi connectivity index (χ0) is 18.7. The van der Waals surface area contributed by atoms with Crippen molar-refractivity contribution < 1.29 is 9.18 Å². The third kappa shape index (κ3) is 6.41. The normalized spacial score (nSPS) is 15.7. The molecule has 26 heavy (non-hydrogen) atoms. The molecule has 1 aliphatic carbocycles. The molecule has 1 saturated carbocycles. The first kappa shape index (κ1) is 22.7. The number of halogens is 2. The highest BCUT2D eigenvalue weighted by Gasteiger charge is 2.44. The van der Waals surface area contributed by atoms with Crippen molar-refractivity contribution in [2.24, 2.45) is 4.99 Å². The number of hydrogen-bond acceptors (Lipinski definition) is 2. The Hall–Kier alpha value is -1.38. The molecule has 0 saturated heterocycles. The summed E-state index contributed by atoms with van der Waals surface area (Å²) in [5, 5.41) is 6.27. The smallest absolute Gasteiger partial charge is 0.240 e. The summed E-state index contributed by atoms with van der Waals surface area (Å²) in [6.45, 7) is 6.76. The number of nitrogens with zero attached hydrogens (tertiary/aromatic N) is 2. The van der Waals surface area contributed by atoms with Crippen molar-refractivity contribution in [2.75, 3.05) is 27.2 Å². The van der Waals surface area contributed by atoms with E-state index in [1.807, 2.05) is 33.9 Å². The Bertz CT molecular complexity index is 653. The van der Waals surface area contributed by atoms with E-state index in [4.69, 9.17) is 0 Å². The third-order valence-electron chi connectivity index (χ3n) is 4.34. The highest BCUT2D eigenvalue weighted by Crippen LogP contribution is 2.47. The van der Waals surface area contributed by atoms with Crippen molar-refractivity contribution in [1.82, 2.24) is 15.5 Å². The maximum absolute atomic E-state index is 13.5. The summed E-state index contributed by atoms with van der Waals surface area (Å²) in [7, 11) is 3.53. The lowest BCUT2D eigenvalue weighted by Crippen LogP contribution is -2.49. The van der Waals surface area contributed by atoms with Gasteiger partial charge in [0.15, 0.2) is 5.96 Å². The molecule has 1 aromatic rings. The average Bonchev–Trinajstić information content (AvgIpc) is 3.27. The number of benzene rings is 1. The zero-order valence-corrected chi connectivity index (χ0v) is 18.6. The number of carbonyl (C=O) groups is 1. The Morgan fingerprint density at radius 3 is 2.50 bits per heavy atom. The Morgan fingerprint density at radius 1 is 1.35 bits per heavy atom. The Balaban J connectivity index is 0.00000338. The molecule has 146 valence electrons. The van der Waals surface area contributed by atoms with Crippen LogP contribution in [-0.4, -0.2) is 49.5 Å². The maximum Gasteiger partial charge on any atom is 0.240 e. The van der Waals surface area contributed by atoms with E-state index in [-0.39, 0.29) is 53.2 Å². The van der Waals surface area contributed by atoms with Crippen LogP contribution in [0.5, 0.6) is 0 Å². The monoisotopic (exact) mass is 476 g/mol. The number of carbonyl (C=O) groups excluding carboxylic acids is 1. The highest BCUT2D eigenvalue weighted by atomic mass is 127. The van der Waals surface area contributed by atoms with Gasteiger partial charge in [0, 0.05) is 31.6 Å². The molecule has 0 aromatic heterocycles. The van der Waals surface area contributed by atoms with E-state index in [0.29, 0.717) is 12.5 Å². The highest BCUT2D eigenvalue weighted by molar-refractivity contribution is 14.0.